The van der Waals surface area contributed by atoms with Crippen molar-refractivity contribution in [1.82, 2.24) is 24.5 Å². The number of anilines is 1. The first-order valence-electron chi connectivity index (χ1n) is 11.7. The molecule has 0 spiro atoms. The van der Waals surface area contributed by atoms with Crippen LogP contribution < -0.4 is 5.73 Å². The lowest BCUT2D eigenvalue weighted by Gasteiger charge is -2.07. The van der Waals surface area contributed by atoms with E-state index in [0.717, 1.165) is 48.1 Å². The Morgan fingerprint density at radius 3 is 2.39 bits per heavy atom. The molecule has 36 heavy (non-hydrogen) atoms. The number of methoxy groups -OCH3 is 1. The Hall–Kier alpha value is -2.34. The lowest BCUT2D eigenvalue weighted by molar-refractivity contribution is 0.218. The number of halogens is 1. The molecule has 4 heterocycles. The minimum Gasteiger partial charge on any atom is -0.397 e. The first-order chi connectivity index (χ1) is 17.2. The summed E-state index contributed by atoms with van der Waals surface area (Å²) in [6, 6.07) is 0. The Bertz CT molecular complexity index is 1200. The Kier molecular flexibility index (Phi) is 14.4. The third kappa shape index (κ3) is 8.65. The fourth-order valence-corrected chi connectivity index (χ4v) is 5.48. The molecule has 0 unspecified atom stereocenters. The average Bonchev–Trinajstić information content (AvgIpc) is 3.56. The Labute approximate surface area is 226 Å². The van der Waals surface area contributed by atoms with Crippen LogP contribution in [0, 0.1) is 6.92 Å². The normalized spacial score (nSPS) is 10.0. The predicted molar refractivity (Wildman–Crippen MR) is 156 cm³/mol. The topological polar surface area (TPSA) is 91.7 Å². The molecule has 4 aromatic heterocycles. The molecule has 0 bridgehead atoms. The Balaban J connectivity index is 0.000000633. The van der Waals surface area contributed by atoms with E-state index < -0.39 is 0 Å². The van der Waals surface area contributed by atoms with Crippen LogP contribution in [0.5, 0.6) is 0 Å². The van der Waals surface area contributed by atoms with E-state index in [4.69, 9.17) is 20.4 Å². The maximum absolute atomic E-state index is 10.8. The molecule has 0 fully saturated rings. The van der Waals surface area contributed by atoms with Gasteiger partial charge in [-0.15, -0.1) is 34.4 Å². The molecular weight excluding hydrogens is 516 g/mol. The number of rotatable bonds is 6. The smallest absolute Gasteiger partial charge is 0.190 e. The number of fused-ring (bicyclic) bond motifs is 1. The van der Waals surface area contributed by atoms with Crippen molar-refractivity contribution < 1.29 is 9.13 Å². The summed E-state index contributed by atoms with van der Waals surface area (Å²) in [7, 11) is 3.68. The molecule has 7 nitrogen and oxygen atoms in total. The van der Waals surface area contributed by atoms with E-state index in [1.54, 1.807) is 36.4 Å². The highest BCUT2D eigenvalue weighted by atomic mass is 32.2. The average molecular weight is 553 g/mol. The standard InChI is InChI=1S/C17H18N6OS3.C3H5F.C3H8.C2H6/c1-9-20-8-10(23(9)2)13-11-12(18)17(26-7-5-24-3)27-15(11)22-14(21-13)16-19-4-6-25-16;1-3(2)4;1-3-2;1-2/h4,6,8H,5,7,18H2,1-3H3;1H2,2H3;3H2,1-2H3;1-2H3. The summed E-state index contributed by atoms with van der Waals surface area (Å²) in [4.78, 5) is 19.2. The molecule has 0 atom stereocenters. The summed E-state index contributed by atoms with van der Waals surface area (Å²) in [6.45, 7) is 15.1. The summed E-state index contributed by atoms with van der Waals surface area (Å²) >= 11 is 4.78. The van der Waals surface area contributed by atoms with Crippen molar-refractivity contribution in [3.05, 3.63) is 36.0 Å². The summed E-state index contributed by atoms with van der Waals surface area (Å²) in [5, 5.41) is 3.59. The van der Waals surface area contributed by atoms with Gasteiger partial charge >= 0.3 is 0 Å². The van der Waals surface area contributed by atoms with Gasteiger partial charge in [-0.25, -0.2) is 24.3 Å². The van der Waals surface area contributed by atoms with Gasteiger partial charge < -0.3 is 15.0 Å². The van der Waals surface area contributed by atoms with E-state index >= 15 is 0 Å². The number of thiazole rings is 1. The Morgan fingerprint density at radius 2 is 1.89 bits per heavy atom. The molecule has 198 valence electrons. The summed E-state index contributed by atoms with van der Waals surface area (Å²) in [5.74, 6) is 2.03. The summed E-state index contributed by atoms with van der Waals surface area (Å²) in [5.41, 5.74) is 8.93. The molecule has 0 saturated carbocycles. The maximum Gasteiger partial charge on any atom is 0.190 e. The fraction of sp³-hybridized carbons (Fsp3) is 0.440. The molecule has 0 aliphatic carbocycles. The molecule has 0 aromatic carbocycles. The molecule has 0 amide bonds. The van der Waals surface area contributed by atoms with Crippen molar-refractivity contribution in [2.75, 3.05) is 25.2 Å². The Morgan fingerprint density at radius 1 is 1.25 bits per heavy atom. The second-order valence-electron chi connectivity index (χ2n) is 7.19. The van der Waals surface area contributed by atoms with E-state index in [1.165, 1.54) is 24.7 Å². The van der Waals surface area contributed by atoms with Gasteiger partial charge in [0, 0.05) is 31.5 Å². The molecule has 0 saturated heterocycles. The number of nitrogens with two attached hydrogens (primary N) is 1. The van der Waals surface area contributed by atoms with Gasteiger partial charge in [0.05, 0.1) is 39.6 Å². The van der Waals surface area contributed by atoms with Gasteiger partial charge in [0.2, 0.25) is 0 Å². The highest BCUT2D eigenvalue weighted by Gasteiger charge is 2.22. The summed E-state index contributed by atoms with van der Waals surface area (Å²) in [6.07, 6.45) is 4.84. The van der Waals surface area contributed by atoms with Gasteiger partial charge in [0.1, 0.15) is 16.3 Å². The van der Waals surface area contributed by atoms with Crippen LogP contribution in [-0.4, -0.2) is 44.0 Å². The molecule has 0 aliphatic heterocycles. The van der Waals surface area contributed by atoms with Gasteiger partial charge in [-0.05, 0) is 13.8 Å². The van der Waals surface area contributed by atoms with Gasteiger partial charge in [0.25, 0.3) is 0 Å². The highest BCUT2D eigenvalue weighted by molar-refractivity contribution is 8.01. The molecule has 11 heteroatoms. The van der Waals surface area contributed by atoms with Gasteiger partial charge in [0.15, 0.2) is 10.8 Å². The molecule has 4 rings (SSSR count). The molecule has 4 aromatic rings. The van der Waals surface area contributed by atoms with Crippen LogP contribution in [0.15, 0.2) is 34.4 Å². The van der Waals surface area contributed by atoms with Crippen molar-refractivity contribution in [2.24, 2.45) is 7.05 Å². The largest absolute Gasteiger partial charge is 0.397 e. The van der Waals surface area contributed by atoms with E-state index in [9.17, 15) is 4.39 Å². The van der Waals surface area contributed by atoms with E-state index in [0.29, 0.717) is 12.4 Å². The van der Waals surface area contributed by atoms with E-state index in [-0.39, 0.29) is 5.83 Å². The van der Waals surface area contributed by atoms with Crippen molar-refractivity contribution in [1.29, 1.82) is 0 Å². The second kappa shape index (κ2) is 16.4. The predicted octanol–water partition coefficient (Wildman–Crippen LogP) is 7.78. The van der Waals surface area contributed by atoms with Crippen LogP contribution in [-0.2, 0) is 11.8 Å². The van der Waals surface area contributed by atoms with E-state index in [2.05, 4.69) is 30.4 Å². The highest BCUT2D eigenvalue weighted by Crippen LogP contribution is 2.44. The number of nitrogen functional groups attached to an aromatic ring is 1. The van der Waals surface area contributed by atoms with Crippen LogP contribution in [0.2, 0.25) is 0 Å². The number of allylic oxidation sites excluding steroid dienone is 1. The number of aromatic nitrogens is 5. The minimum absolute atomic E-state index is 0.333. The van der Waals surface area contributed by atoms with Gasteiger partial charge in [-0.2, -0.15) is 0 Å². The van der Waals surface area contributed by atoms with Gasteiger partial charge in [-0.1, -0.05) is 40.7 Å². The van der Waals surface area contributed by atoms with Crippen LogP contribution in [0.3, 0.4) is 0 Å². The third-order valence-electron chi connectivity index (χ3n) is 4.16. The number of imidazole rings is 1. The van der Waals surface area contributed by atoms with Crippen molar-refractivity contribution in [2.45, 2.75) is 52.2 Å². The zero-order valence-corrected chi connectivity index (χ0v) is 24.8. The first-order valence-corrected chi connectivity index (χ1v) is 14.3. The first kappa shape index (κ1) is 31.7. The zero-order chi connectivity index (χ0) is 27.3. The lowest BCUT2D eigenvalue weighted by atomic mass is 10.2. The third-order valence-corrected chi connectivity index (χ3v) is 7.28. The zero-order valence-electron chi connectivity index (χ0n) is 22.4. The van der Waals surface area contributed by atoms with Crippen LogP contribution in [0.1, 0.15) is 46.9 Å². The number of thioether (sulfide) groups is 1. The van der Waals surface area contributed by atoms with Crippen LogP contribution in [0.4, 0.5) is 10.1 Å². The maximum atomic E-state index is 10.8. The number of ether oxygens (including phenoxy) is 1. The van der Waals surface area contributed by atoms with Crippen LogP contribution >= 0.6 is 34.4 Å². The number of aryl methyl sites for hydroxylation is 1. The lowest BCUT2D eigenvalue weighted by Crippen LogP contribution is -2.00. The van der Waals surface area contributed by atoms with Gasteiger partial charge in [-0.3, -0.25) is 0 Å². The van der Waals surface area contributed by atoms with Crippen molar-refractivity contribution >= 4 is 50.3 Å². The number of hydrogen-bond acceptors (Lipinski definition) is 9. The summed E-state index contributed by atoms with van der Waals surface area (Å²) < 4.78 is 19.0. The fourth-order valence-electron chi connectivity index (χ4n) is 2.66. The quantitative estimate of drug-likeness (QED) is 0.193. The number of nitrogens with zero attached hydrogens (tertiary/aromatic N) is 5. The minimum atomic E-state index is -0.333. The van der Waals surface area contributed by atoms with Crippen molar-refractivity contribution in [3.63, 3.8) is 0 Å². The monoisotopic (exact) mass is 552 g/mol. The van der Waals surface area contributed by atoms with Crippen LogP contribution in [0.25, 0.3) is 32.4 Å². The number of hydrogen-bond donors (Lipinski definition) is 1. The van der Waals surface area contributed by atoms with E-state index in [1.807, 2.05) is 44.0 Å². The molecule has 0 radical (unpaired) electrons. The van der Waals surface area contributed by atoms with Crippen molar-refractivity contribution in [3.8, 4) is 22.2 Å². The molecule has 0 aliphatic rings. The SMILES string of the molecule is C=C(C)F.CC.CCC.COCCSc1sc2nc(-c3nccs3)nc(-c3cnc(C)n3C)c2c1N. The second-order valence-corrected chi connectivity index (χ2v) is 10.4. The molecule has 2 N–H and O–H groups in total. The number of thiophene rings is 1. The molecular formula is C25H37FN6OS3.